The van der Waals surface area contributed by atoms with Gasteiger partial charge in [0.1, 0.15) is 34.9 Å². The van der Waals surface area contributed by atoms with Gasteiger partial charge in [0.15, 0.2) is 5.82 Å². The molecule has 1 aromatic carbocycles. The molecule has 0 saturated carbocycles. The highest BCUT2D eigenvalue weighted by Gasteiger charge is 2.37. The average molecular weight is 651 g/mol. The van der Waals surface area contributed by atoms with Crippen molar-refractivity contribution in [1.82, 2.24) is 29.6 Å². The molecule has 0 N–H and O–H groups in total. The first-order chi connectivity index (χ1) is 20.8. The van der Waals surface area contributed by atoms with E-state index in [2.05, 4.69) is 39.7 Å². The summed E-state index contributed by atoms with van der Waals surface area (Å²) in [6.07, 6.45) is -3.31. The van der Waals surface area contributed by atoms with E-state index in [-0.39, 0.29) is 30.0 Å². The molecule has 0 saturated heterocycles. The van der Waals surface area contributed by atoms with Crippen molar-refractivity contribution in [2.45, 2.75) is 71.5 Å². The standard InChI is InChI=1S/C30H35F5N6O3Si/c1-29(2,3)44-28(42)40(4)16-18-12-20(30(33,34)35)24(21(31)13-18)27-37-15-22-26(38-27)25(19-8-9-23(32)36-14-19)39-41(22)17-43-10-11-45(5,6)7/h8-9,12-15H,10-11,16-17H2,1-7H3. The summed E-state index contributed by atoms with van der Waals surface area (Å²) in [5, 5.41) is 4.51. The Balaban J connectivity index is 1.78. The van der Waals surface area contributed by atoms with Crippen LogP contribution in [0.1, 0.15) is 31.9 Å². The molecular weight excluding hydrogens is 615 g/mol. The number of ether oxygens (including phenoxy) is 2. The molecule has 15 heteroatoms. The Hall–Kier alpha value is -3.98. The number of alkyl halides is 3. The Bertz CT molecular complexity index is 1680. The van der Waals surface area contributed by atoms with E-state index < -0.39 is 54.7 Å². The highest BCUT2D eigenvalue weighted by molar-refractivity contribution is 6.76. The zero-order chi connectivity index (χ0) is 33.3. The fraction of sp³-hybridized carbons (Fsp3) is 0.433. The summed E-state index contributed by atoms with van der Waals surface area (Å²) >= 11 is 0. The van der Waals surface area contributed by atoms with E-state index in [1.165, 1.54) is 30.2 Å². The fourth-order valence-corrected chi connectivity index (χ4v) is 5.06. The highest BCUT2D eigenvalue weighted by atomic mass is 28.3. The van der Waals surface area contributed by atoms with Gasteiger partial charge in [-0.3, -0.25) is 0 Å². The number of hydrogen-bond donors (Lipinski definition) is 0. The van der Waals surface area contributed by atoms with Crippen LogP contribution in [0.3, 0.4) is 0 Å². The van der Waals surface area contributed by atoms with Crippen LogP contribution in [-0.4, -0.2) is 63.1 Å². The molecule has 242 valence electrons. The molecule has 0 bridgehead atoms. The summed E-state index contributed by atoms with van der Waals surface area (Å²) < 4.78 is 84.8. The third-order valence-electron chi connectivity index (χ3n) is 6.51. The summed E-state index contributed by atoms with van der Waals surface area (Å²) in [4.78, 5) is 25.5. The first-order valence-corrected chi connectivity index (χ1v) is 17.8. The topological polar surface area (TPSA) is 95.3 Å². The molecule has 0 fully saturated rings. The van der Waals surface area contributed by atoms with Crippen molar-refractivity contribution >= 4 is 25.2 Å². The summed E-state index contributed by atoms with van der Waals surface area (Å²) in [6.45, 7) is 11.7. The van der Waals surface area contributed by atoms with Crippen LogP contribution in [0, 0.1) is 11.8 Å². The first kappa shape index (κ1) is 33.9. The monoisotopic (exact) mass is 650 g/mol. The quantitative estimate of drug-likeness (QED) is 0.0800. The maximum Gasteiger partial charge on any atom is 0.417 e. The van der Waals surface area contributed by atoms with E-state index in [9.17, 15) is 22.4 Å². The minimum Gasteiger partial charge on any atom is -0.444 e. The molecule has 0 atom stereocenters. The van der Waals surface area contributed by atoms with Crippen LogP contribution >= 0.6 is 0 Å². The second kappa shape index (κ2) is 12.8. The van der Waals surface area contributed by atoms with Gasteiger partial charge >= 0.3 is 12.3 Å². The zero-order valence-corrected chi connectivity index (χ0v) is 27.1. The van der Waals surface area contributed by atoms with Crippen LogP contribution < -0.4 is 0 Å². The van der Waals surface area contributed by atoms with Crippen molar-refractivity contribution in [3.63, 3.8) is 0 Å². The number of carbonyl (C=O) groups excluding carboxylic acids is 1. The van der Waals surface area contributed by atoms with Crippen molar-refractivity contribution in [1.29, 1.82) is 0 Å². The molecule has 9 nitrogen and oxygen atoms in total. The van der Waals surface area contributed by atoms with Gasteiger partial charge in [-0.15, -0.1) is 0 Å². The van der Waals surface area contributed by atoms with Crippen molar-refractivity contribution in [3.05, 3.63) is 59.6 Å². The number of rotatable bonds is 9. The van der Waals surface area contributed by atoms with Crippen LogP contribution in [-0.2, 0) is 28.9 Å². The van der Waals surface area contributed by atoms with Crippen LogP contribution in [0.2, 0.25) is 25.7 Å². The van der Waals surface area contributed by atoms with Gasteiger partial charge in [-0.25, -0.2) is 28.8 Å². The molecule has 3 aromatic heterocycles. The van der Waals surface area contributed by atoms with E-state index in [1.807, 2.05) is 0 Å². The predicted molar refractivity (Wildman–Crippen MR) is 161 cm³/mol. The van der Waals surface area contributed by atoms with E-state index >= 15 is 4.39 Å². The second-order valence-corrected chi connectivity index (χ2v) is 18.4. The maximum atomic E-state index is 15.6. The molecule has 0 aliphatic rings. The summed E-state index contributed by atoms with van der Waals surface area (Å²) in [7, 11) is -0.0422. The lowest BCUT2D eigenvalue weighted by Crippen LogP contribution is -2.33. The summed E-state index contributed by atoms with van der Waals surface area (Å²) in [5.41, 5.74) is -2.19. The van der Waals surface area contributed by atoms with Crippen LogP contribution in [0.5, 0.6) is 0 Å². The Morgan fingerprint density at radius 1 is 1.04 bits per heavy atom. The van der Waals surface area contributed by atoms with E-state index in [4.69, 9.17) is 9.47 Å². The lowest BCUT2D eigenvalue weighted by Gasteiger charge is -2.25. The second-order valence-electron chi connectivity index (χ2n) is 12.8. The Labute approximate surface area is 258 Å². The maximum absolute atomic E-state index is 15.6. The van der Waals surface area contributed by atoms with Crippen molar-refractivity contribution in [3.8, 4) is 22.6 Å². The summed E-state index contributed by atoms with van der Waals surface area (Å²) in [5.74, 6) is -2.50. The third-order valence-corrected chi connectivity index (χ3v) is 8.21. The minimum atomic E-state index is -4.99. The predicted octanol–water partition coefficient (Wildman–Crippen LogP) is 7.53. The van der Waals surface area contributed by atoms with Crippen molar-refractivity contribution in [2.75, 3.05) is 13.7 Å². The number of pyridine rings is 1. The van der Waals surface area contributed by atoms with Gasteiger partial charge in [0.25, 0.3) is 0 Å². The molecular formula is C30H35F5N6O3Si. The van der Waals surface area contributed by atoms with Gasteiger partial charge < -0.3 is 14.4 Å². The lowest BCUT2D eigenvalue weighted by atomic mass is 10.0. The largest absolute Gasteiger partial charge is 0.444 e. The minimum absolute atomic E-state index is 0.000332. The van der Waals surface area contributed by atoms with Gasteiger partial charge in [0.05, 0.1) is 17.3 Å². The van der Waals surface area contributed by atoms with Crippen molar-refractivity contribution in [2.24, 2.45) is 0 Å². The fourth-order valence-electron chi connectivity index (χ4n) is 4.30. The average Bonchev–Trinajstić information content (AvgIpc) is 3.27. The molecule has 3 heterocycles. The molecule has 0 aliphatic carbocycles. The number of aromatic nitrogens is 5. The molecule has 4 aromatic rings. The number of carbonyl (C=O) groups is 1. The highest BCUT2D eigenvalue weighted by Crippen LogP contribution is 2.39. The summed E-state index contributed by atoms with van der Waals surface area (Å²) in [6, 6.07) is 5.07. The molecule has 45 heavy (non-hydrogen) atoms. The number of benzene rings is 1. The van der Waals surface area contributed by atoms with Gasteiger partial charge in [-0.05, 0) is 56.6 Å². The molecule has 0 spiro atoms. The number of halogens is 5. The molecule has 1 amide bonds. The number of hydrogen-bond acceptors (Lipinski definition) is 7. The van der Waals surface area contributed by atoms with E-state index in [0.717, 1.165) is 29.1 Å². The van der Waals surface area contributed by atoms with Gasteiger partial charge in [-0.2, -0.15) is 22.7 Å². The lowest BCUT2D eigenvalue weighted by molar-refractivity contribution is -0.137. The Morgan fingerprint density at radius 2 is 1.76 bits per heavy atom. The Morgan fingerprint density at radius 3 is 2.36 bits per heavy atom. The molecule has 0 aliphatic heterocycles. The van der Waals surface area contributed by atoms with Crippen LogP contribution in [0.25, 0.3) is 33.7 Å². The van der Waals surface area contributed by atoms with Gasteiger partial charge in [0, 0.05) is 40.0 Å². The number of nitrogens with zero attached hydrogens (tertiary/aromatic N) is 6. The Kier molecular flexibility index (Phi) is 9.63. The third kappa shape index (κ3) is 8.60. The van der Waals surface area contributed by atoms with Crippen LogP contribution in [0.4, 0.5) is 26.7 Å². The molecule has 0 radical (unpaired) electrons. The zero-order valence-electron chi connectivity index (χ0n) is 26.1. The van der Waals surface area contributed by atoms with E-state index in [1.54, 1.807) is 20.8 Å². The van der Waals surface area contributed by atoms with Crippen LogP contribution in [0.15, 0.2) is 36.7 Å². The van der Waals surface area contributed by atoms with Gasteiger partial charge in [0.2, 0.25) is 5.95 Å². The van der Waals surface area contributed by atoms with Gasteiger partial charge in [-0.1, -0.05) is 19.6 Å². The smallest absolute Gasteiger partial charge is 0.417 e. The number of amides is 1. The normalized spacial score (nSPS) is 12.5. The molecule has 0 unspecified atom stereocenters. The first-order valence-electron chi connectivity index (χ1n) is 14.1. The SMILES string of the molecule is CN(Cc1cc(F)c(-c2ncc3c(n2)c(-c2ccc(F)nc2)nn3COCC[Si](C)(C)C)c(C(F)(F)F)c1)C(=O)OC(C)(C)C. The number of fused-ring (bicyclic) bond motifs is 1. The van der Waals surface area contributed by atoms with E-state index in [0.29, 0.717) is 17.7 Å². The molecule has 4 rings (SSSR count). The van der Waals surface area contributed by atoms with Crippen molar-refractivity contribution < 1.29 is 36.2 Å².